The van der Waals surface area contributed by atoms with Gasteiger partial charge in [0.15, 0.2) is 23.0 Å². The van der Waals surface area contributed by atoms with E-state index in [2.05, 4.69) is 50.9 Å². The third kappa shape index (κ3) is 9.01. The molecule has 8 rings (SSSR count). The number of rotatable bonds is 13. The van der Waals surface area contributed by atoms with E-state index in [1.165, 1.54) is 10.5 Å². The lowest BCUT2D eigenvalue weighted by Gasteiger charge is -2.59. The van der Waals surface area contributed by atoms with Gasteiger partial charge < -0.3 is 43.3 Å². The van der Waals surface area contributed by atoms with Gasteiger partial charge in [0.05, 0.1) is 34.0 Å². The summed E-state index contributed by atoms with van der Waals surface area (Å²) in [4.78, 5) is 58.4. The zero-order chi connectivity index (χ0) is 45.7. The Bertz CT molecular complexity index is 2310. The fourth-order valence-corrected chi connectivity index (χ4v) is 11.1. The molecule has 1 aliphatic carbocycles. The molecule has 14 heteroatoms. The molecule has 14 nitrogen and oxygen atoms in total. The summed E-state index contributed by atoms with van der Waals surface area (Å²) in [6, 6.07) is 23.7. The van der Waals surface area contributed by atoms with Crippen molar-refractivity contribution in [2.45, 2.75) is 63.6 Å². The van der Waals surface area contributed by atoms with E-state index in [1.807, 2.05) is 59.6 Å². The largest absolute Gasteiger partial charge is 0.493 e. The molecule has 346 valence electrons. The van der Waals surface area contributed by atoms with Crippen LogP contribution in [0.15, 0.2) is 79.0 Å². The van der Waals surface area contributed by atoms with Gasteiger partial charge in [0.25, 0.3) is 0 Å². The van der Waals surface area contributed by atoms with Crippen molar-refractivity contribution in [3.8, 4) is 23.0 Å². The maximum atomic E-state index is 15.2. The number of methoxy groups -OCH3 is 4. The number of ether oxygens (including phenoxy) is 5. The topological polar surface area (TPSA) is 126 Å². The zero-order valence-corrected chi connectivity index (χ0v) is 38.8. The van der Waals surface area contributed by atoms with Crippen molar-refractivity contribution in [2.75, 3.05) is 92.7 Å². The van der Waals surface area contributed by atoms with Gasteiger partial charge in [0.1, 0.15) is 12.4 Å². The monoisotopic (exact) mass is 888 g/mol. The number of aromatic nitrogens is 1. The Kier molecular flexibility index (Phi) is 14.0. The van der Waals surface area contributed by atoms with Gasteiger partial charge in [-0.05, 0) is 103 Å². The second-order valence-electron chi connectivity index (χ2n) is 17.6. The molecule has 1 saturated carbocycles. The number of likely N-dealkylation sites (N-methyl/N-ethyl adjacent to an activating group) is 1. The van der Waals surface area contributed by atoms with Crippen LogP contribution >= 0.6 is 0 Å². The number of pyridine rings is 1. The second kappa shape index (κ2) is 20.0. The van der Waals surface area contributed by atoms with Crippen molar-refractivity contribution in [1.29, 1.82) is 0 Å². The lowest BCUT2D eigenvalue weighted by Crippen LogP contribution is -2.63. The summed E-state index contributed by atoms with van der Waals surface area (Å²) in [5.74, 6) is 3.05. The van der Waals surface area contributed by atoms with Crippen LogP contribution in [0.4, 0.5) is 10.6 Å². The summed E-state index contributed by atoms with van der Waals surface area (Å²) in [5, 5.41) is 0. The quantitative estimate of drug-likeness (QED) is 0.142. The highest BCUT2D eigenvalue weighted by molar-refractivity contribution is 5.81. The maximum absolute atomic E-state index is 15.2. The third-order valence-electron chi connectivity index (χ3n) is 14.4. The standard InChI is InChI=1S/C51H64N6O8/c1-7-54-23-17-36-30-42(61-3)44(63-5)32-39(36)48(54)41-29-38(49(59)56-27-25-55(26-28-56)46-15-11-12-21-52-46)16-20-51(41)40-33-45(64-6)43(62-4)31-37(40)18-24-57(51)47(58)19-22-53(2)50(60)65-34-35-13-9-8-10-14-35/h8-15,21,30-33,38,41,48H,7,16-20,22-29,34H2,1-6H3/t38-,41-,48?,51+/m1/s1. The first-order valence-corrected chi connectivity index (χ1v) is 23.0. The Morgan fingerprint density at radius 3 is 2.12 bits per heavy atom. The SMILES string of the molecule is CCN1CCc2cc(OC)c(OC)cc2C1[C@H]1C[C@H](C(=O)N2CCN(c3ccccn3)CC2)CC[C@]12c1cc(OC)c(OC)cc1CCN2C(=O)CCN(C)C(=O)OCc1ccccc1. The van der Waals surface area contributed by atoms with E-state index in [4.69, 9.17) is 23.7 Å². The highest BCUT2D eigenvalue weighted by Crippen LogP contribution is 2.59. The molecule has 1 aromatic heterocycles. The number of piperazine rings is 1. The molecule has 0 N–H and O–H groups in total. The predicted octanol–water partition coefficient (Wildman–Crippen LogP) is 6.74. The molecule has 0 radical (unpaired) electrons. The van der Waals surface area contributed by atoms with Crippen LogP contribution in [-0.4, -0.2) is 130 Å². The van der Waals surface area contributed by atoms with E-state index in [0.29, 0.717) is 81.4 Å². The Labute approximate surface area is 383 Å². The predicted molar refractivity (Wildman–Crippen MR) is 248 cm³/mol. The van der Waals surface area contributed by atoms with Gasteiger partial charge in [0.2, 0.25) is 11.8 Å². The Morgan fingerprint density at radius 1 is 0.785 bits per heavy atom. The minimum atomic E-state index is -0.856. The first-order valence-electron chi connectivity index (χ1n) is 23.0. The average Bonchev–Trinajstić information content (AvgIpc) is 3.36. The van der Waals surface area contributed by atoms with Crippen molar-refractivity contribution in [2.24, 2.45) is 11.8 Å². The first kappa shape index (κ1) is 45.5. The van der Waals surface area contributed by atoms with Gasteiger partial charge in [0, 0.05) is 83.4 Å². The van der Waals surface area contributed by atoms with E-state index < -0.39 is 11.6 Å². The zero-order valence-electron chi connectivity index (χ0n) is 38.8. The number of fused-ring (bicyclic) bond motifs is 3. The van der Waals surface area contributed by atoms with Crippen LogP contribution in [-0.2, 0) is 39.3 Å². The highest BCUT2D eigenvalue weighted by atomic mass is 16.6. The van der Waals surface area contributed by atoms with Crippen molar-refractivity contribution in [3.63, 3.8) is 0 Å². The molecule has 4 aliphatic rings. The van der Waals surface area contributed by atoms with Crippen molar-refractivity contribution in [3.05, 3.63) is 107 Å². The molecule has 3 aliphatic heterocycles. The summed E-state index contributed by atoms with van der Waals surface area (Å²) < 4.78 is 29.3. The lowest BCUT2D eigenvalue weighted by molar-refractivity contribution is -0.153. The van der Waals surface area contributed by atoms with Gasteiger partial charge in [-0.3, -0.25) is 14.5 Å². The van der Waals surface area contributed by atoms with Crippen LogP contribution in [0.2, 0.25) is 0 Å². The molecule has 0 bridgehead atoms. The minimum absolute atomic E-state index is 0.0556. The van der Waals surface area contributed by atoms with Crippen molar-refractivity contribution >= 4 is 23.7 Å². The molecule has 4 aromatic rings. The van der Waals surface area contributed by atoms with Crippen molar-refractivity contribution in [1.82, 2.24) is 24.6 Å². The van der Waals surface area contributed by atoms with E-state index in [1.54, 1.807) is 35.5 Å². The van der Waals surface area contributed by atoms with Crippen LogP contribution in [0.1, 0.15) is 66.5 Å². The Balaban J connectivity index is 1.19. The summed E-state index contributed by atoms with van der Waals surface area (Å²) >= 11 is 0. The number of anilines is 1. The van der Waals surface area contributed by atoms with E-state index >= 15 is 4.79 Å². The van der Waals surface area contributed by atoms with Crippen LogP contribution in [0, 0.1) is 11.8 Å². The fraction of sp³-hybridized carbons (Fsp3) is 0.490. The summed E-state index contributed by atoms with van der Waals surface area (Å²) in [5.41, 5.74) is 4.44. The molecule has 1 saturated heterocycles. The smallest absolute Gasteiger partial charge is 0.409 e. The van der Waals surface area contributed by atoms with E-state index in [9.17, 15) is 9.59 Å². The first-order chi connectivity index (χ1) is 31.6. The van der Waals surface area contributed by atoms with E-state index in [-0.39, 0.29) is 49.3 Å². The maximum Gasteiger partial charge on any atom is 0.409 e. The molecule has 2 fully saturated rings. The number of carbonyl (C=O) groups excluding carboxylic acids is 3. The highest BCUT2D eigenvalue weighted by Gasteiger charge is 2.58. The fourth-order valence-electron chi connectivity index (χ4n) is 11.1. The summed E-state index contributed by atoms with van der Waals surface area (Å²) in [6.45, 7) is 7.17. The number of nitrogens with zero attached hydrogens (tertiary/aromatic N) is 6. The molecule has 4 heterocycles. The summed E-state index contributed by atoms with van der Waals surface area (Å²) in [6.07, 6.45) is 4.55. The van der Waals surface area contributed by atoms with Crippen LogP contribution in [0.25, 0.3) is 0 Å². The van der Waals surface area contributed by atoms with Gasteiger partial charge in [-0.15, -0.1) is 0 Å². The van der Waals surface area contributed by atoms with Crippen LogP contribution in [0.3, 0.4) is 0 Å². The number of amides is 3. The van der Waals surface area contributed by atoms with E-state index in [0.717, 1.165) is 47.6 Å². The lowest BCUT2D eigenvalue weighted by atomic mass is 9.58. The molecule has 1 spiro atoms. The van der Waals surface area contributed by atoms with Crippen LogP contribution in [0.5, 0.6) is 23.0 Å². The normalized spacial score (nSPS) is 21.8. The Morgan fingerprint density at radius 2 is 1.45 bits per heavy atom. The summed E-state index contributed by atoms with van der Waals surface area (Å²) in [7, 11) is 8.29. The van der Waals surface area contributed by atoms with Gasteiger partial charge >= 0.3 is 6.09 Å². The van der Waals surface area contributed by atoms with Gasteiger partial charge in [-0.1, -0.05) is 43.3 Å². The number of benzene rings is 3. The molecular formula is C51H64N6O8. The third-order valence-corrected chi connectivity index (χ3v) is 14.4. The second-order valence-corrected chi connectivity index (χ2v) is 17.6. The van der Waals surface area contributed by atoms with Crippen molar-refractivity contribution < 1.29 is 38.1 Å². The average molecular weight is 889 g/mol. The number of hydrogen-bond donors (Lipinski definition) is 0. The Hall–Kier alpha value is -6.02. The molecule has 65 heavy (non-hydrogen) atoms. The van der Waals surface area contributed by atoms with Gasteiger partial charge in [-0.2, -0.15) is 0 Å². The molecular weight excluding hydrogens is 825 g/mol. The number of hydrogen-bond acceptors (Lipinski definition) is 11. The molecule has 3 amide bonds. The van der Waals surface area contributed by atoms with Gasteiger partial charge in [-0.25, -0.2) is 9.78 Å². The molecule has 3 aromatic carbocycles. The number of carbonyl (C=O) groups is 3. The molecule has 1 unspecified atom stereocenters. The minimum Gasteiger partial charge on any atom is -0.493 e. The molecule has 4 atom stereocenters. The van der Waals surface area contributed by atoms with Crippen LogP contribution < -0.4 is 23.8 Å².